The highest BCUT2D eigenvalue weighted by Crippen LogP contribution is 2.59. The Morgan fingerprint density at radius 3 is 1.71 bits per heavy atom. The van der Waals surface area contributed by atoms with E-state index in [2.05, 4.69) is 61.4 Å². The smallest absolute Gasteiger partial charge is 0.0360 e. The third-order valence-electron chi connectivity index (χ3n) is 3.68. The van der Waals surface area contributed by atoms with E-state index in [9.17, 15) is 0 Å². The van der Waals surface area contributed by atoms with Crippen molar-refractivity contribution >= 4 is 73.5 Å². The van der Waals surface area contributed by atoms with Crippen LogP contribution in [0.4, 0.5) is 0 Å². The Kier molecular flexibility index (Phi) is 6.97. The fraction of sp³-hybridized carbons (Fsp3) is 0.222. The lowest BCUT2D eigenvalue weighted by atomic mass is 10.2. The molecule has 0 saturated heterocycles. The molecule has 1 aliphatic carbocycles. The summed E-state index contributed by atoms with van der Waals surface area (Å²) in [5, 5.41) is 0. The second-order valence-electron chi connectivity index (χ2n) is 4.91. The molecule has 126 valence electrons. The Hall–Kier alpha value is 0.280. The number of allylic oxidation sites excluding steroid dienone is 3. The minimum Gasteiger partial charge on any atom is -0.128 e. The van der Waals surface area contributed by atoms with Crippen molar-refractivity contribution in [2.45, 2.75) is 0 Å². The topological polar surface area (TPSA) is 0 Å². The lowest BCUT2D eigenvalue weighted by Gasteiger charge is -2.09. The summed E-state index contributed by atoms with van der Waals surface area (Å²) in [7, 11) is 3.77. The monoisotopic (exact) mass is 426 g/mol. The van der Waals surface area contributed by atoms with Gasteiger partial charge in [-0.15, -0.1) is 47.0 Å². The third kappa shape index (κ3) is 3.55. The number of rotatable bonds is 5. The van der Waals surface area contributed by atoms with Gasteiger partial charge in [-0.3, -0.25) is 0 Å². The summed E-state index contributed by atoms with van der Waals surface area (Å²) in [6.45, 7) is 0. The Morgan fingerprint density at radius 2 is 1.21 bits per heavy atom. The van der Waals surface area contributed by atoms with Crippen LogP contribution in [0.5, 0.6) is 0 Å². The van der Waals surface area contributed by atoms with Gasteiger partial charge in [0.15, 0.2) is 0 Å². The summed E-state index contributed by atoms with van der Waals surface area (Å²) in [5.41, 5.74) is 2.75. The average molecular weight is 427 g/mol. The van der Waals surface area contributed by atoms with Crippen LogP contribution >= 0.6 is 68.6 Å². The highest BCUT2D eigenvalue weighted by atomic mass is 33.1. The Bertz CT molecular complexity index is 725. The molecule has 6 heteroatoms. The van der Waals surface area contributed by atoms with Gasteiger partial charge in [-0.2, -0.15) is 0 Å². The van der Waals surface area contributed by atoms with Crippen LogP contribution in [0.25, 0.3) is 4.91 Å². The summed E-state index contributed by atoms with van der Waals surface area (Å²) in [6, 6.07) is 10.7. The average Bonchev–Trinajstić information content (AvgIpc) is 3.23. The maximum absolute atomic E-state index is 2.37. The van der Waals surface area contributed by atoms with E-state index < -0.39 is 0 Å². The van der Waals surface area contributed by atoms with Crippen molar-refractivity contribution in [1.82, 2.24) is 0 Å². The zero-order chi connectivity index (χ0) is 17.1. The van der Waals surface area contributed by atoms with E-state index in [4.69, 9.17) is 0 Å². The molecular weight excluding hydrogens is 409 g/mol. The number of hydrogen-bond donors (Lipinski definition) is 0. The molecule has 24 heavy (non-hydrogen) atoms. The normalized spacial score (nSPS) is 18.1. The van der Waals surface area contributed by atoms with Crippen molar-refractivity contribution in [3.05, 3.63) is 72.1 Å². The van der Waals surface area contributed by atoms with Crippen molar-refractivity contribution in [3.8, 4) is 0 Å². The van der Waals surface area contributed by atoms with Crippen molar-refractivity contribution < 1.29 is 0 Å². The number of thioether (sulfide) groups is 4. The van der Waals surface area contributed by atoms with Gasteiger partial charge in [0.2, 0.25) is 0 Å². The van der Waals surface area contributed by atoms with Gasteiger partial charge >= 0.3 is 0 Å². The molecule has 0 N–H and O–H groups in total. The minimum absolute atomic E-state index is 1.31. The summed E-state index contributed by atoms with van der Waals surface area (Å²) >= 11 is 7.50. The predicted molar refractivity (Wildman–Crippen MR) is 125 cm³/mol. The van der Waals surface area contributed by atoms with Gasteiger partial charge in [0.05, 0.1) is 0 Å². The van der Waals surface area contributed by atoms with Crippen LogP contribution in [0.15, 0.2) is 66.5 Å². The summed E-state index contributed by atoms with van der Waals surface area (Å²) in [6.07, 6.45) is 11.1. The highest BCUT2D eigenvalue weighted by Gasteiger charge is 2.31. The summed E-state index contributed by atoms with van der Waals surface area (Å²) in [5.74, 6) is 0. The summed E-state index contributed by atoms with van der Waals surface area (Å²) in [4.78, 5) is 8.49. The van der Waals surface area contributed by atoms with Gasteiger partial charge in [-0.25, -0.2) is 0 Å². The van der Waals surface area contributed by atoms with Gasteiger partial charge in [0, 0.05) is 35.0 Å². The molecule has 1 aromatic carbocycles. The molecule has 0 fully saturated rings. The van der Waals surface area contributed by atoms with E-state index in [1.165, 1.54) is 40.6 Å². The number of benzene rings is 1. The predicted octanol–water partition coefficient (Wildman–Crippen LogP) is 7.57. The standard InChI is InChI=1S/C18H18S6/c1-19-15-14(16(20-2)18(22-4)17(15)21-3)13-10-12(23-24-13)11-8-6-5-7-9-11/h5-10H,1-4H3. The van der Waals surface area contributed by atoms with Crippen LogP contribution in [0.1, 0.15) is 5.56 Å². The molecule has 1 heterocycles. The Morgan fingerprint density at radius 1 is 0.667 bits per heavy atom. The molecule has 0 saturated carbocycles. The molecule has 0 atom stereocenters. The molecule has 0 spiro atoms. The van der Waals surface area contributed by atoms with Gasteiger partial charge in [-0.1, -0.05) is 51.9 Å². The molecule has 0 amide bonds. The molecule has 0 radical (unpaired) electrons. The Labute approximate surface area is 169 Å². The zero-order valence-corrected chi connectivity index (χ0v) is 18.8. The van der Waals surface area contributed by atoms with Crippen molar-refractivity contribution in [2.24, 2.45) is 0 Å². The molecule has 1 aliphatic heterocycles. The molecule has 2 aliphatic rings. The second-order valence-corrected chi connectivity index (χ2v) is 10.4. The van der Waals surface area contributed by atoms with Crippen LogP contribution in [-0.2, 0) is 0 Å². The largest absolute Gasteiger partial charge is 0.128 e. The van der Waals surface area contributed by atoms with Gasteiger partial charge in [-0.05, 0) is 36.7 Å². The maximum Gasteiger partial charge on any atom is 0.0360 e. The minimum atomic E-state index is 1.31. The molecule has 0 bridgehead atoms. The van der Waals surface area contributed by atoms with E-state index in [0.717, 1.165) is 0 Å². The van der Waals surface area contributed by atoms with Gasteiger partial charge < -0.3 is 0 Å². The first-order valence-electron chi connectivity index (χ1n) is 7.26. The third-order valence-corrected chi connectivity index (χ3v) is 9.78. The van der Waals surface area contributed by atoms with E-state index in [1.54, 1.807) is 0 Å². The lowest BCUT2D eigenvalue weighted by Crippen LogP contribution is -1.87. The zero-order valence-electron chi connectivity index (χ0n) is 13.9. The molecule has 0 aromatic heterocycles. The molecule has 0 nitrogen and oxygen atoms in total. The van der Waals surface area contributed by atoms with Crippen LogP contribution < -0.4 is 0 Å². The quantitative estimate of drug-likeness (QED) is 0.442. The highest BCUT2D eigenvalue weighted by molar-refractivity contribution is 8.82. The van der Waals surface area contributed by atoms with Crippen LogP contribution in [0, 0.1) is 0 Å². The van der Waals surface area contributed by atoms with Gasteiger partial charge in [0.25, 0.3) is 0 Å². The van der Waals surface area contributed by atoms with E-state index in [1.807, 2.05) is 68.6 Å². The first kappa shape index (κ1) is 19.1. The number of hydrogen-bond acceptors (Lipinski definition) is 6. The fourth-order valence-corrected chi connectivity index (χ4v) is 9.48. The van der Waals surface area contributed by atoms with Crippen molar-refractivity contribution in [3.63, 3.8) is 0 Å². The summed E-state index contributed by atoms with van der Waals surface area (Å²) < 4.78 is 0. The molecule has 3 rings (SSSR count). The Balaban J connectivity index is 2.12. The molecular formula is C18H18S6. The van der Waals surface area contributed by atoms with E-state index in [-0.39, 0.29) is 0 Å². The molecule has 1 aromatic rings. The lowest BCUT2D eigenvalue weighted by molar-refractivity contribution is 1.63. The second kappa shape index (κ2) is 8.78. The maximum atomic E-state index is 2.37. The van der Waals surface area contributed by atoms with E-state index >= 15 is 0 Å². The van der Waals surface area contributed by atoms with Crippen LogP contribution in [-0.4, -0.2) is 25.0 Å². The van der Waals surface area contributed by atoms with Gasteiger partial charge in [0.1, 0.15) is 0 Å². The van der Waals surface area contributed by atoms with Crippen LogP contribution in [0.3, 0.4) is 0 Å². The first-order valence-corrected chi connectivity index (χ1v) is 14.3. The van der Waals surface area contributed by atoms with Crippen LogP contribution in [0.2, 0.25) is 0 Å². The van der Waals surface area contributed by atoms with E-state index in [0.29, 0.717) is 0 Å². The van der Waals surface area contributed by atoms with Crippen molar-refractivity contribution in [2.75, 3.05) is 25.0 Å². The van der Waals surface area contributed by atoms with Crippen molar-refractivity contribution in [1.29, 1.82) is 0 Å². The SMILES string of the molecule is CSC1=C(SC)C(=C2C=C(c3ccccc3)SS2)C(SC)=C1SC. The first-order chi connectivity index (χ1) is 11.7. The fourth-order valence-electron chi connectivity index (χ4n) is 2.63. The molecule has 0 unspecified atom stereocenters.